The summed E-state index contributed by atoms with van der Waals surface area (Å²) >= 11 is 0. The van der Waals surface area contributed by atoms with Crippen molar-refractivity contribution in [2.75, 3.05) is 0 Å². The van der Waals surface area contributed by atoms with Gasteiger partial charge in [0.15, 0.2) is 0 Å². The minimum absolute atomic E-state index is 0.0224. The van der Waals surface area contributed by atoms with Gasteiger partial charge >= 0.3 is 0 Å². The maximum Gasteiger partial charge on any atom is 0.224 e. The Balaban J connectivity index is 1.53. The van der Waals surface area contributed by atoms with Gasteiger partial charge in [-0.3, -0.25) is 10.1 Å². The lowest BCUT2D eigenvalue weighted by Crippen LogP contribution is -2.53. The summed E-state index contributed by atoms with van der Waals surface area (Å²) in [7, 11) is -3.34. The molecule has 1 saturated heterocycles. The maximum absolute atomic E-state index is 12.8. The Hall–Kier alpha value is -0.660. The predicted molar refractivity (Wildman–Crippen MR) is 103 cm³/mol. The Morgan fingerprint density at radius 2 is 1.65 bits per heavy atom. The van der Waals surface area contributed by atoms with Crippen LogP contribution in [-0.4, -0.2) is 37.8 Å². The first-order valence-electron chi connectivity index (χ1n) is 10.5. The summed E-state index contributed by atoms with van der Waals surface area (Å²) < 4.78 is 28.5. The van der Waals surface area contributed by atoms with Crippen LogP contribution in [0.15, 0.2) is 0 Å². The highest BCUT2D eigenvalue weighted by Crippen LogP contribution is 2.30. The quantitative estimate of drug-likeness (QED) is 0.678. The average Bonchev–Trinajstić information content (AvgIpc) is 2.62. The van der Waals surface area contributed by atoms with Crippen LogP contribution in [0.25, 0.3) is 0 Å². The zero-order valence-electron chi connectivity index (χ0n) is 16.0. The predicted octanol–water partition coefficient (Wildman–Crippen LogP) is 2.40. The van der Waals surface area contributed by atoms with Gasteiger partial charge in [-0.15, -0.1) is 0 Å². The first-order chi connectivity index (χ1) is 12.4. The van der Waals surface area contributed by atoms with Gasteiger partial charge in [0.1, 0.15) is 0 Å². The van der Waals surface area contributed by atoms with E-state index in [4.69, 9.17) is 0 Å². The van der Waals surface area contributed by atoms with Gasteiger partial charge in [0, 0.05) is 18.0 Å². The lowest BCUT2D eigenvalue weighted by Gasteiger charge is -2.33. The molecule has 3 rings (SSSR count). The molecule has 0 bridgehead atoms. The standard InChI is InChI=1S/C19H35N3O3S/c1-14-7-5-12-18(20-14)21-19(23)15-8-6-11-17(13-15)26(24,25)22-16-9-3-2-4-10-16/h14-18,20,22H,2-13H2,1H3,(H,21,23). The van der Waals surface area contributed by atoms with Crippen LogP contribution >= 0.6 is 0 Å². The van der Waals surface area contributed by atoms with Crippen LogP contribution in [0, 0.1) is 5.92 Å². The van der Waals surface area contributed by atoms with E-state index in [2.05, 4.69) is 22.3 Å². The molecule has 1 aliphatic heterocycles. The van der Waals surface area contributed by atoms with Crippen molar-refractivity contribution in [2.24, 2.45) is 5.92 Å². The summed E-state index contributed by atoms with van der Waals surface area (Å²) in [5.41, 5.74) is 0. The molecule has 0 radical (unpaired) electrons. The van der Waals surface area contributed by atoms with Gasteiger partial charge in [0.05, 0.1) is 11.4 Å². The van der Waals surface area contributed by atoms with E-state index in [1.807, 2.05) is 0 Å². The lowest BCUT2D eigenvalue weighted by atomic mass is 9.88. The molecule has 6 nitrogen and oxygen atoms in total. The molecule has 26 heavy (non-hydrogen) atoms. The third-order valence-corrected chi connectivity index (χ3v) is 8.27. The molecule has 0 aromatic carbocycles. The Bertz CT molecular complexity index is 575. The molecule has 0 aromatic rings. The molecule has 1 amide bonds. The largest absolute Gasteiger partial charge is 0.341 e. The van der Waals surface area contributed by atoms with Crippen LogP contribution in [0.3, 0.4) is 0 Å². The van der Waals surface area contributed by atoms with Gasteiger partial charge in [-0.2, -0.15) is 0 Å². The fourth-order valence-electron chi connectivity index (χ4n) is 4.76. The molecule has 3 aliphatic rings. The minimum atomic E-state index is -3.34. The third kappa shape index (κ3) is 5.42. The molecule has 3 N–H and O–H groups in total. The number of nitrogens with one attached hydrogen (secondary N) is 3. The molecule has 2 aliphatic carbocycles. The van der Waals surface area contributed by atoms with Crippen LogP contribution in [0.5, 0.6) is 0 Å². The number of amides is 1. The van der Waals surface area contributed by atoms with Crippen LogP contribution in [0.2, 0.25) is 0 Å². The molecule has 1 heterocycles. The molecule has 0 spiro atoms. The van der Waals surface area contributed by atoms with Crippen LogP contribution in [0.4, 0.5) is 0 Å². The minimum Gasteiger partial charge on any atom is -0.341 e. The van der Waals surface area contributed by atoms with E-state index in [-0.39, 0.29) is 24.0 Å². The summed E-state index contributed by atoms with van der Waals surface area (Å²) in [6.07, 6.45) is 11.3. The van der Waals surface area contributed by atoms with Crippen molar-refractivity contribution in [1.82, 2.24) is 15.4 Å². The van der Waals surface area contributed by atoms with E-state index in [0.717, 1.165) is 57.8 Å². The first-order valence-corrected chi connectivity index (χ1v) is 12.1. The van der Waals surface area contributed by atoms with E-state index < -0.39 is 15.3 Å². The van der Waals surface area contributed by atoms with Gasteiger partial charge in [0.25, 0.3) is 0 Å². The average molecular weight is 386 g/mol. The Labute approximate surface area is 158 Å². The molecular formula is C19H35N3O3S. The fourth-order valence-corrected chi connectivity index (χ4v) is 6.61. The molecule has 4 unspecified atom stereocenters. The zero-order valence-corrected chi connectivity index (χ0v) is 16.8. The number of rotatable bonds is 5. The molecule has 150 valence electrons. The van der Waals surface area contributed by atoms with Gasteiger partial charge in [-0.05, 0) is 58.3 Å². The van der Waals surface area contributed by atoms with Crippen molar-refractivity contribution in [3.63, 3.8) is 0 Å². The van der Waals surface area contributed by atoms with Crippen LogP contribution < -0.4 is 15.4 Å². The van der Waals surface area contributed by atoms with E-state index >= 15 is 0 Å². The summed E-state index contributed by atoms with van der Waals surface area (Å²) in [5, 5.41) is 6.10. The SMILES string of the molecule is CC1CCCC(NC(=O)C2CCCC(S(=O)(=O)NC3CCCCC3)C2)N1. The second-order valence-electron chi connectivity index (χ2n) is 8.54. The second kappa shape index (κ2) is 9.02. The van der Waals surface area contributed by atoms with Gasteiger partial charge in [0.2, 0.25) is 15.9 Å². The van der Waals surface area contributed by atoms with E-state index in [1.54, 1.807) is 0 Å². The van der Waals surface area contributed by atoms with Crippen LogP contribution in [-0.2, 0) is 14.8 Å². The molecule has 2 saturated carbocycles. The van der Waals surface area contributed by atoms with Crippen LogP contribution in [0.1, 0.15) is 84.0 Å². The molecule has 3 fully saturated rings. The number of hydrogen-bond donors (Lipinski definition) is 3. The molecule has 4 atom stereocenters. The van der Waals surface area contributed by atoms with Crippen molar-refractivity contribution >= 4 is 15.9 Å². The lowest BCUT2D eigenvalue weighted by molar-refractivity contribution is -0.127. The summed E-state index contributed by atoms with van der Waals surface area (Å²) in [6.45, 7) is 2.14. The van der Waals surface area contributed by atoms with Crippen molar-refractivity contribution < 1.29 is 13.2 Å². The first kappa shape index (κ1) is 20.1. The van der Waals surface area contributed by atoms with E-state index in [9.17, 15) is 13.2 Å². The maximum atomic E-state index is 12.8. The summed E-state index contributed by atoms with van der Waals surface area (Å²) in [4.78, 5) is 12.7. The summed E-state index contributed by atoms with van der Waals surface area (Å²) in [6, 6.07) is 0.518. The van der Waals surface area contributed by atoms with Crippen molar-refractivity contribution in [2.45, 2.75) is 107 Å². The fraction of sp³-hybridized carbons (Fsp3) is 0.947. The topological polar surface area (TPSA) is 87.3 Å². The second-order valence-corrected chi connectivity index (χ2v) is 10.5. The van der Waals surface area contributed by atoms with Crippen molar-refractivity contribution in [3.8, 4) is 0 Å². The number of carbonyl (C=O) groups is 1. The Morgan fingerprint density at radius 1 is 0.923 bits per heavy atom. The highest BCUT2D eigenvalue weighted by molar-refractivity contribution is 7.90. The number of hydrogen-bond acceptors (Lipinski definition) is 4. The molecule has 0 aromatic heterocycles. The van der Waals surface area contributed by atoms with E-state index in [1.165, 1.54) is 6.42 Å². The Kier molecular flexibility index (Phi) is 6.97. The zero-order chi connectivity index (χ0) is 18.6. The summed E-state index contributed by atoms with van der Waals surface area (Å²) in [5.74, 6) is -0.162. The van der Waals surface area contributed by atoms with Gasteiger partial charge in [-0.25, -0.2) is 13.1 Å². The normalized spacial score (nSPS) is 34.3. The third-order valence-electron chi connectivity index (χ3n) is 6.30. The highest BCUT2D eigenvalue weighted by Gasteiger charge is 2.36. The molecular weight excluding hydrogens is 350 g/mol. The number of sulfonamides is 1. The smallest absolute Gasteiger partial charge is 0.224 e. The van der Waals surface area contributed by atoms with Gasteiger partial charge in [-0.1, -0.05) is 25.7 Å². The molecule has 7 heteroatoms. The van der Waals surface area contributed by atoms with Crippen molar-refractivity contribution in [3.05, 3.63) is 0 Å². The Morgan fingerprint density at radius 3 is 2.38 bits per heavy atom. The monoisotopic (exact) mass is 385 g/mol. The number of piperidine rings is 1. The highest BCUT2D eigenvalue weighted by atomic mass is 32.2. The number of carbonyl (C=O) groups excluding carboxylic acids is 1. The van der Waals surface area contributed by atoms with E-state index in [0.29, 0.717) is 18.9 Å². The van der Waals surface area contributed by atoms with Crippen molar-refractivity contribution in [1.29, 1.82) is 0 Å². The van der Waals surface area contributed by atoms with Gasteiger partial charge < -0.3 is 5.32 Å².